The zero-order valence-electron chi connectivity index (χ0n) is 14.5. The molecule has 1 aromatic carbocycles. The molecule has 2 saturated heterocycles. The Morgan fingerprint density at radius 1 is 1.17 bits per heavy atom. The molecule has 4 heteroatoms. The summed E-state index contributed by atoms with van der Waals surface area (Å²) >= 11 is 0. The van der Waals surface area contributed by atoms with Crippen molar-refractivity contribution in [3.05, 3.63) is 36.0 Å². The van der Waals surface area contributed by atoms with Gasteiger partial charge in [-0.1, -0.05) is 25.1 Å². The molecule has 1 N–H and O–H groups in total. The number of aromatic amines is 1. The highest BCUT2D eigenvalue weighted by Crippen LogP contribution is 2.30. The van der Waals surface area contributed by atoms with Gasteiger partial charge in [0.05, 0.1) is 6.42 Å². The van der Waals surface area contributed by atoms with E-state index < -0.39 is 0 Å². The highest BCUT2D eigenvalue weighted by atomic mass is 16.2. The van der Waals surface area contributed by atoms with Crippen LogP contribution in [0.4, 0.5) is 0 Å². The van der Waals surface area contributed by atoms with Gasteiger partial charge in [0.2, 0.25) is 5.91 Å². The largest absolute Gasteiger partial charge is 0.361 e. The van der Waals surface area contributed by atoms with E-state index in [0.717, 1.165) is 30.6 Å². The van der Waals surface area contributed by atoms with Crippen molar-refractivity contribution in [3.8, 4) is 0 Å². The molecule has 2 aliphatic heterocycles. The Labute approximate surface area is 143 Å². The predicted octanol–water partition coefficient (Wildman–Crippen LogP) is 3.19. The third-order valence-corrected chi connectivity index (χ3v) is 5.90. The molecular weight excluding hydrogens is 298 g/mol. The van der Waals surface area contributed by atoms with E-state index in [1.807, 2.05) is 18.3 Å². The molecule has 2 fully saturated rings. The minimum absolute atomic E-state index is 0.296. The van der Waals surface area contributed by atoms with Gasteiger partial charge in [-0.25, -0.2) is 0 Å². The maximum Gasteiger partial charge on any atom is 0.227 e. The van der Waals surface area contributed by atoms with Gasteiger partial charge in [-0.05, 0) is 50.4 Å². The zero-order chi connectivity index (χ0) is 16.5. The second kappa shape index (κ2) is 6.60. The van der Waals surface area contributed by atoms with Crippen molar-refractivity contribution in [2.75, 3.05) is 19.6 Å². The maximum atomic E-state index is 13.0. The van der Waals surface area contributed by atoms with E-state index in [2.05, 4.69) is 33.8 Å². The van der Waals surface area contributed by atoms with Gasteiger partial charge in [0, 0.05) is 35.7 Å². The minimum atomic E-state index is 0.296. The molecule has 0 saturated carbocycles. The summed E-state index contributed by atoms with van der Waals surface area (Å²) in [6.45, 7) is 5.47. The molecule has 1 amide bonds. The molecular formula is C20H27N3O. The van der Waals surface area contributed by atoms with Crippen molar-refractivity contribution < 1.29 is 4.79 Å². The highest BCUT2D eigenvalue weighted by Gasteiger charge is 2.38. The molecule has 2 aromatic rings. The number of fused-ring (bicyclic) bond motifs is 1. The molecule has 0 spiro atoms. The topological polar surface area (TPSA) is 39.3 Å². The van der Waals surface area contributed by atoms with Gasteiger partial charge >= 0.3 is 0 Å². The number of hydrogen-bond donors (Lipinski definition) is 1. The first-order chi connectivity index (χ1) is 11.8. The van der Waals surface area contributed by atoms with E-state index >= 15 is 0 Å². The number of nitrogens with one attached hydrogen (secondary N) is 1. The second-order valence-electron chi connectivity index (χ2n) is 7.17. The number of benzene rings is 1. The van der Waals surface area contributed by atoms with Crippen LogP contribution in [0.3, 0.4) is 0 Å². The van der Waals surface area contributed by atoms with E-state index in [0.29, 0.717) is 24.4 Å². The van der Waals surface area contributed by atoms with Crippen LogP contribution in [-0.4, -0.2) is 52.4 Å². The first kappa shape index (κ1) is 15.7. The number of H-pyrrole nitrogens is 1. The minimum Gasteiger partial charge on any atom is -0.361 e. The molecule has 0 aliphatic carbocycles. The van der Waals surface area contributed by atoms with Crippen molar-refractivity contribution in [2.45, 2.75) is 51.1 Å². The smallest absolute Gasteiger partial charge is 0.227 e. The summed E-state index contributed by atoms with van der Waals surface area (Å²) in [6.07, 6.45) is 7.36. The predicted molar refractivity (Wildman–Crippen MR) is 97.0 cm³/mol. The second-order valence-corrected chi connectivity index (χ2v) is 7.17. The van der Waals surface area contributed by atoms with E-state index in [1.54, 1.807) is 0 Å². The molecule has 0 unspecified atom stereocenters. The number of aromatic nitrogens is 1. The summed E-state index contributed by atoms with van der Waals surface area (Å²) in [6, 6.07) is 9.24. The SMILES string of the molecule is CCN1CCC[C@@H]1[C@H]1CCCN1C(=O)Cc1c[nH]c2ccccc12. The van der Waals surface area contributed by atoms with Gasteiger partial charge in [0.15, 0.2) is 0 Å². The Balaban J connectivity index is 1.51. The number of carbonyl (C=O) groups is 1. The number of rotatable bonds is 4. The Bertz CT molecular complexity index is 722. The van der Waals surface area contributed by atoms with Crippen molar-refractivity contribution >= 4 is 16.8 Å². The Morgan fingerprint density at radius 3 is 2.83 bits per heavy atom. The van der Waals surface area contributed by atoms with Crippen LogP contribution in [0.25, 0.3) is 10.9 Å². The Morgan fingerprint density at radius 2 is 1.96 bits per heavy atom. The van der Waals surface area contributed by atoms with Crippen LogP contribution in [0.1, 0.15) is 38.2 Å². The van der Waals surface area contributed by atoms with Crippen LogP contribution in [-0.2, 0) is 11.2 Å². The number of likely N-dealkylation sites (tertiary alicyclic amines) is 2. The van der Waals surface area contributed by atoms with Crippen LogP contribution >= 0.6 is 0 Å². The molecule has 2 aliphatic rings. The lowest BCUT2D eigenvalue weighted by molar-refractivity contribution is -0.132. The summed E-state index contributed by atoms with van der Waals surface area (Å²) in [5.74, 6) is 0.296. The van der Waals surface area contributed by atoms with Crippen molar-refractivity contribution in [3.63, 3.8) is 0 Å². The molecule has 128 valence electrons. The van der Waals surface area contributed by atoms with Gasteiger partial charge in [0.1, 0.15) is 0 Å². The summed E-state index contributed by atoms with van der Waals surface area (Å²) in [7, 11) is 0. The van der Waals surface area contributed by atoms with Gasteiger partial charge < -0.3 is 9.88 Å². The number of nitrogens with zero attached hydrogens (tertiary/aromatic N) is 2. The van der Waals surface area contributed by atoms with Gasteiger partial charge in [-0.15, -0.1) is 0 Å². The summed E-state index contributed by atoms with van der Waals surface area (Å²) in [5, 5.41) is 1.18. The quantitative estimate of drug-likeness (QED) is 0.938. The fraction of sp³-hybridized carbons (Fsp3) is 0.550. The first-order valence-corrected chi connectivity index (χ1v) is 9.36. The van der Waals surface area contributed by atoms with Crippen LogP contribution in [0, 0.1) is 0 Å². The van der Waals surface area contributed by atoms with Crippen molar-refractivity contribution in [1.29, 1.82) is 0 Å². The van der Waals surface area contributed by atoms with E-state index in [4.69, 9.17) is 0 Å². The molecule has 3 heterocycles. The molecule has 4 rings (SSSR count). The third kappa shape index (κ3) is 2.73. The average Bonchev–Trinajstić information content (AvgIpc) is 3.33. The molecule has 24 heavy (non-hydrogen) atoms. The monoisotopic (exact) mass is 325 g/mol. The number of carbonyl (C=O) groups excluding carboxylic acids is 1. The summed E-state index contributed by atoms with van der Waals surface area (Å²) in [5.41, 5.74) is 2.24. The van der Waals surface area contributed by atoms with E-state index in [1.165, 1.54) is 31.2 Å². The molecule has 0 bridgehead atoms. The fourth-order valence-corrected chi connectivity index (χ4v) is 4.72. The van der Waals surface area contributed by atoms with Gasteiger partial charge in [-0.3, -0.25) is 9.69 Å². The Hall–Kier alpha value is -1.81. The maximum absolute atomic E-state index is 13.0. The number of amides is 1. The Kier molecular flexibility index (Phi) is 4.31. The average molecular weight is 325 g/mol. The molecule has 4 nitrogen and oxygen atoms in total. The van der Waals surface area contributed by atoms with Crippen LogP contribution in [0.15, 0.2) is 30.5 Å². The van der Waals surface area contributed by atoms with Gasteiger partial charge in [-0.2, -0.15) is 0 Å². The normalized spacial score (nSPS) is 25.0. The fourth-order valence-electron chi connectivity index (χ4n) is 4.72. The number of hydrogen-bond acceptors (Lipinski definition) is 2. The van der Waals surface area contributed by atoms with E-state index in [9.17, 15) is 4.79 Å². The summed E-state index contributed by atoms with van der Waals surface area (Å²) < 4.78 is 0. The van der Waals surface area contributed by atoms with Crippen LogP contribution in [0.5, 0.6) is 0 Å². The zero-order valence-corrected chi connectivity index (χ0v) is 14.5. The van der Waals surface area contributed by atoms with Crippen molar-refractivity contribution in [1.82, 2.24) is 14.8 Å². The molecule has 0 radical (unpaired) electrons. The summed E-state index contributed by atoms with van der Waals surface area (Å²) in [4.78, 5) is 21.1. The van der Waals surface area contributed by atoms with E-state index in [-0.39, 0.29) is 0 Å². The third-order valence-electron chi connectivity index (χ3n) is 5.90. The highest BCUT2D eigenvalue weighted by molar-refractivity contribution is 5.89. The molecule has 2 atom stereocenters. The van der Waals surface area contributed by atoms with Gasteiger partial charge in [0.25, 0.3) is 0 Å². The lowest BCUT2D eigenvalue weighted by atomic mass is 10.0. The number of para-hydroxylation sites is 1. The van der Waals surface area contributed by atoms with Crippen LogP contribution in [0.2, 0.25) is 0 Å². The first-order valence-electron chi connectivity index (χ1n) is 9.36. The lowest BCUT2D eigenvalue weighted by Crippen LogP contribution is -2.48. The van der Waals surface area contributed by atoms with Crippen LogP contribution < -0.4 is 0 Å². The number of likely N-dealkylation sites (N-methyl/N-ethyl adjacent to an activating group) is 1. The standard InChI is InChI=1S/C20H27N3O/c1-2-22-11-5-9-18(22)19-10-6-12-23(19)20(24)13-15-14-21-17-8-4-3-7-16(15)17/h3-4,7-8,14,18-19,21H,2,5-6,9-13H2,1H3/t18-,19-/m1/s1. The molecule has 1 aromatic heterocycles. The lowest BCUT2D eigenvalue weighted by Gasteiger charge is -2.34. The van der Waals surface area contributed by atoms with Crippen molar-refractivity contribution in [2.24, 2.45) is 0 Å².